The van der Waals surface area contributed by atoms with Crippen molar-refractivity contribution in [1.29, 1.82) is 0 Å². The largest absolute Gasteiger partial charge is 0.252 e. The summed E-state index contributed by atoms with van der Waals surface area (Å²) in [7, 11) is 0. The van der Waals surface area contributed by atoms with Crippen LogP contribution in [0.1, 0.15) is 16.8 Å². The standard InChI is InChI=1S/C25H17N/c1-15-18-7-4-5-9-20(18)23-14-22-21(25(23)26-15)13-12-17-11-10-16-6-2-3-8-19(16)24(17)22/h2-13H,14H2,1H3. The molecule has 0 bridgehead atoms. The molecule has 1 heterocycles. The summed E-state index contributed by atoms with van der Waals surface area (Å²) in [6.07, 6.45) is 0.962. The van der Waals surface area contributed by atoms with E-state index >= 15 is 0 Å². The zero-order valence-corrected chi connectivity index (χ0v) is 14.6. The Kier molecular flexibility index (Phi) is 2.66. The Balaban J connectivity index is 1.77. The molecule has 0 amide bonds. The highest BCUT2D eigenvalue weighted by molar-refractivity contribution is 6.12. The van der Waals surface area contributed by atoms with Crippen LogP contribution in [0.5, 0.6) is 0 Å². The normalized spacial score (nSPS) is 12.7. The fourth-order valence-corrected chi connectivity index (χ4v) is 4.64. The predicted octanol–water partition coefficient (Wildman–Crippen LogP) is 6.42. The van der Waals surface area contributed by atoms with E-state index in [0.29, 0.717) is 0 Å². The van der Waals surface area contributed by atoms with Crippen molar-refractivity contribution in [1.82, 2.24) is 4.98 Å². The number of benzene rings is 4. The molecule has 0 fully saturated rings. The number of hydrogen-bond donors (Lipinski definition) is 0. The van der Waals surface area contributed by atoms with Crippen LogP contribution in [0.2, 0.25) is 0 Å². The van der Waals surface area contributed by atoms with Gasteiger partial charge in [-0.3, -0.25) is 4.98 Å². The first-order valence-corrected chi connectivity index (χ1v) is 9.13. The summed E-state index contributed by atoms with van der Waals surface area (Å²) in [5, 5.41) is 7.97. The molecule has 26 heavy (non-hydrogen) atoms. The van der Waals surface area contributed by atoms with Crippen LogP contribution in [-0.2, 0) is 6.42 Å². The molecule has 122 valence electrons. The van der Waals surface area contributed by atoms with E-state index < -0.39 is 0 Å². The van der Waals surface area contributed by atoms with E-state index in [1.54, 1.807) is 0 Å². The van der Waals surface area contributed by atoms with Crippen molar-refractivity contribution in [3.63, 3.8) is 0 Å². The van der Waals surface area contributed by atoms with Crippen molar-refractivity contribution < 1.29 is 0 Å². The molecular formula is C25H17N. The molecule has 0 saturated carbocycles. The second kappa shape index (κ2) is 4.92. The molecule has 1 heteroatoms. The van der Waals surface area contributed by atoms with Gasteiger partial charge in [0.1, 0.15) is 0 Å². The van der Waals surface area contributed by atoms with Crippen molar-refractivity contribution in [2.24, 2.45) is 0 Å². The van der Waals surface area contributed by atoms with E-state index in [4.69, 9.17) is 4.98 Å². The molecule has 0 saturated heterocycles. The third-order valence-electron chi connectivity index (χ3n) is 5.83. The lowest BCUT2D eigenvalue weighted by atomic mass is 9.95. The second-order valence-electron chi connectivity index (χ2n) is 7.22. The van der Waals surface area contributed by atoms with Crippen LogP contribution >= 0.6 is 0 Å². The molecule has 1 aromatic heterocycles. The Morgan fingerprint density at radius 2 is 1.35 bits per heavy atom. The molecule has 0 spiro atoms. The Morgan fingerprint density at radius 1 is 0.654 bits per heavy atom. The van der Waals surface area contributed by atoms with Crippen LogP contribution in [-0.4, -0.2) is 4.98 Å². The summed E-state index contributed by atoms with van der Waals surface area (Å²) in [5.74, 6) is 0. The SMILES string of the molecule is Cc1nc2c(c3ccccc13)Cc1c-2ccc2ccc3ccccc3c12. The molecule has 4 aromatic carbocycles. The summed E-state index contributed by atoms with van der Waals surface area (Å²) in [5.41, 5.74) is 6.40. The first kappa shape index (κ1) is 14.0. The number of rotatable bonds is 0. The van der Waals surface area contributed by atoms with Gasteiger partial charge in [0, 0.05) is 23.1 Å². The summed E-state index contributed by atoms with van der Waals surface area (Å²) >= 11 is 0. The lowest BCUT2D eigenvalue weighted by Crippen LogP contribution is -1.92. The maximum Gasteiger partial charge on any atom is 0.0750 e. The molecule has 0 unspecified atom stereocenters. The van der Waals surface area contributed by atoms with Gasteiger partial charge in [0.25, 0.3) is 0 Å². The average molecular weight is 331 g/mol. The van der Waals surface area contributed by atoms with E-state index in [-0.39, 0.29) is 0 Å². The number of fused-ring (bicyclic) bond motifs is 9. The first-order chi connectivity index (χ1) is 12.8. The highest BCUT2D eigenvalue weighted by Gasteiger charge is 2.25. The van der Waals surface area contributed by atoms with Crippen LogP contribution in [0.15, 0.2) is 72.8 Å². The fraction of sp³-hybridized carbons (Fsp3) is 0.0800. The van der Waals surface area contributed by atoms with Gasteiger partial charge in [0.15, 0.2) is 0 Å². The van der Waals surface area contributed by atoms with Crippen LogP contribution < -0.4 is 0 Å². The molecule has 5 aromatic rings. The second-order valence-corrected chi connectivity index (χ2v) is 7.22. The summed E-state index contributed by atoms with van der Waals surface area (Å²) < 4.78 is 0. The Labute approximate surface area is 151 Å². The molecule has 0 aliphatic heterocycles. The van der Waals surface area contributed by atoms with Crippen LogP contribution in [0.4, 0.5) is 0 Å². The maximum absolute atomic E-state index is 5.01. The molecule has 0 atom stereocenters. The van der Waals surface area contributed by atoms with Crippen molar-refractivity contribution in [2.75, 3.05) is 0 Å². The van der Waals surface area contributed by atoms with Gasteiger partial charge in [-0.25, -0.2) is 0 Å². The lowest BCUT2D eigenvalue weighted by Gasteiger charge is -2.09. The minimum absolute atomic E-state index is 0.962. The van der Waals surface area contributed by atoms with Gasteiger partial charge >= 0.3 is 0 Å². The Hall–Kier alpha value is -3.19. The number of nitrogens with zero attached hydrogens (tertiary/aromatic N) is 1. The van der Waals surface area contributed by atoms with E-state index in [1.807, 2.05) is 0 Å². The predicted molar refractivity (Wildman–Crippen MR) is 110 cm³/mol. The molecular weight excluding hydrogens is 314 g/mol. The first-order valence-electron chi connectivity index (χ1n) is 9.13. The number of hydrogen-bond acceptors (Lipinski definition) is 1. The molecule has 1 aliphatic rings. The molecule has 1 nitrogen and oxygen atoms in total. The fourth-order valence-electron chi connectivity index (χ4n) is 4.64. The minimum atomic E-state index is 0.962. The zero-order chi connectivity index (χ0) is 17.3. The number of aryl methyl sites for hydroxylation is 1. The van der Waals surface area contributed by atoms with E-state index in [1.165, 1.54) is 54.7 Å². The van der Waals surface area contributed by atoms with Gasteiger partial charge in [0.2, 0.25) is 0 Å². The third-order valence-corrected chi connectivity index (χ3v) is 5.83. The summed E-state index contributed by atoms with van der Waals surface area (Å²) in [6.45, 7) is 2.12. The van der Waals surface area contributed by atoms with E-state index in [9.17, 15) is 0 Å². The lowest BCUT2D eigenvalue weighted by molar-refractivity contribution is 1.21. The van der Waals surface area contributed by atoms with Gasteiger partial charge in [-0.2, -0.15) is 0 Å². The minimum Gasteiger partial charge on any atom is -0.252 e. The van der Waals surface area contributed by atoms with Gasteiger partial charge in [0.05, 0.1) is 5.69 Å². The van der Waals surface area contributed by atoms with E-state index in [2.05, 4.69) is 79.7 Å². The van der Waals surface area contributed by atoms with E-state index in [0.717, 1.165) is 12.1 Å². The average Bonchev–Trinajstić information content (AvgIpc) is 3.07. The van der Waals surface area contributed by atoms with Crippen LogP contribution in [0.3, 0.4) is 0 Å². The van der Waals surface area contributed by atoms with Gasteiger partial charge in [-0.1, -0.05) is 72.8 Å². The van der Waals surface area contributed by atoms with Gasteiger partial charge in [-0.15, -0.1) is 0 Å². The highest BCUT2D eigenvalue weighted by Crippen LogP contribution is 2.44. The van der Waals surface area contributed by atoms with Crippen LogP contribution in [0, 0.1) is 6.92 Å². The number of aromatic nitrogens is 1. The topological polar surface area (TPSA) is 12.9 Å². The molecule has 6 rings (SSSR count). The van der Waals surface area contributed by atoms with Gasteiger partial charge in [-0.05, 0) is 45.0 Å². The smallest absolute Gasteiger partial charge is 0.0750 e. The van der Waals surface area contributed by atoms with Crippen molar-refractivity contribution in [3.8, 4) is 11.3 Å². The summed E-state index contributed by atoms with van der Waals surface area (Å²) in [6, 6.07) is 26.4. The molecule has 0 radical (unpaired) electrons. The zero-order valence-electron chi connectivity index (χ0n) is 14.6. The Morgan fingerprint density at radius 3 is 2.23 bits per heavy atom. The van der Waals surface area contributed by atoms with Crippen molar-refractivity contribution in [2.45, 2.75) is 13.3 Å². The monoisotopic (exact) mass is 331 g/mol. The van der Waals surface area contributed by atoms with Crippen molar-refractivity contribution >= 4 is 32.3 Å². The highest BCUT2D eigenvalue weighted by atomic mass is 14.7. The molecule has 0 N–H and O–H groups in total. The molecule has 1 aliphatic carbocycles. The maximum atomic E-state index is 5.01. The number of pyridine rings is 1. The summed E-state index contributed by atoms with van der Waals surface area (Å²) in [4.78, 5) is 5.01. The van der Waals surface area contributed by atoms with Crippen LogP contribution in [0.25, 0.3) is 43.6 Å². The Bertz CT molecular complexity index is 1360. The third kappa shape index (κ3) is 1.72. The van der Waals surface area contributed by atoms with Gasteiger partial charge < -0.3 is 0 Å². The van der Waals surface area contributed by atoms with Crippen molar-refractivity contribution in [3.05, 3.63) is 89.6 Å². The quantitative estimate of drug-likeness (QED) is 0.293.